The van der Waals surface area contributed by atoms with E-state index in [0.29, 0.717) is 30.9 Å². The van der Waals surface area contributed by atoms with Crippen molar-refractivity contribution < 1.29 is 22.7 Å². The molecule has 226 valence electrons. The van der Waals surface area contributed by atoms with Crippen LogP contribution in [0.15, 0.2) is 83.8 Å². The molecule has 42 heavy (non-hydrogen) atoms. The van der Waals surface area contributed by atoms with Crippen molar-refractivity contribution in [2.45, 2.75) is 70.9 Å². The fraction of sp³-hybridized carbons (Fsp3) is 0.394. The van der Waals surface area contributed by atoms with Gasteiger partial charge in [0.05, 0.1) is 17.2 Å². The number of nitrogens with zero attached hydrogens (tertiary/aromatic N) is 2. The Balaban J connectivity index is 2.01. The van der Waals surface area contributed by atoms with Crippen LogP contribution >= 0.6 is 0 Å². The summed E-state index contributed by atoms with van der Waals surface area (Å²) in [6.07, 6.45) is 1.66. The van der Waals surface area contributed by atoms with Crippen molar-refractivity contribution >= 4 is 27.5 Å². The number of hydrogen-bond acceptors (Lipinski definition) is 5. The van der Waals surface area contributed by atoms with Gasteiger partial charge in [-0.1, -0.05) is 61.9 Å². The smallest absolute Gasteiger partial charge is 0.264 e. The molecule has 9 heteroatoms. The number of benzene rings is 3. The van der Waals surface area contributed by atoms with Gasteiger partial charge in [0.25, 0.3) is 10.0 Å². The van der Waals surface area contributed by atoms with Crippen molar-refractivity contribution in [2.75, 3.05) is 24.0 Å². The van der Waals surface area contributed by atoms with Gasteiger partial charge < -0.3 is 15.0 Å². The van der Waals surface area contributed by atoms with Crippen LogP contribution in [0.25, 0.3) is 0 Å². The first-order valence-corrected chi connectivity index (χ1v) is 16.0. The first-order valence-electron chi connectivity index (χ1n) is 14.6. The van der Waals surface area contributed by atoms with Gasteiger partial charge in [0.15, 0.2) is 0 Å². The molecule has 0 aromatic heterocycles. The summed E-state index contributed by atoms with van der Waals surface area (Å²) in [4.78, 5) is 29.1. The molecule has 0 aliphatic rings. The minimum absolute atomic E-state index is 0.0557. The molecule has 0 heterocycles. The molecular weight excluding hydrogens is 550 g/mol. The number of hydrogen-bond donors (Lipinski definition) is 1. The third kappa shape index (κ3) is 8.58. The van der Waals surface area contributed by atoms with E-state index >= 15 is 0 Å². The van der Waals surface area contributed by atoms with Crippen LogP contribution in [0, 0.1) is 6.92 Å². The van der Waals surface area contributed by atoms with E-state index in [1.165, 1.54) is 17.0 Å². The minimum atomic E-state index is -4.12. The molecule has 0 saturated carbocycles. The lowest BCUT2D eigenvalue weighted by molar-refractivity contribution is -0.139. The lowest BCUT2D eigenvalue weighted by Crippen LogP contribution is -2.54. The number of nitrogens with one attached hydrogen (secondary N) is 1. The number of carbonyl (C=O) groups excluding carboxylic acids is 2. The van der Waals surface area contributed by atoms with Crippen LogP contribution in [0.3, 0.4) is 0 Å². The second-order valence-corrected chi connectivity index (χ2v) is 12.2. The van der Waals surface area contributed by atoms with E-state index < -0.39 is 28.5 Å². The summed E-state index contributed by atoms with van der Waals surface area (Å²) in [5, 5.41) is 3.00. The molecular formula is C33H43N3O5S. The molecule has 3 aromatic carbocycles. The monoisotopic (exact) mass is 593 g/mol. The number of aryl methyl sites for hydroxylation is 1. The van der Waals surface area contributed by atoms with Crippen LogP contribution in [-0.2, 0) is 26.0 Å². The molecule has 2 amide bonds. The summed E-state index contributed by atoms with van der Waals surface area (Å²) in [6, 6.07) is 22.1. The fourth-order valence-corrected chi connectivity index (χ4v) is 5.99. The van der Waals surface area contributed by atoms with E-state index in [0.717, 1.165) is 21.9 Å². The zero-order valence-corrected chi connectivity index (χ0v) is 26.1. The van der Waals surface area contributed by atoms with Crippen LogP contribution in [0.4, 0.5) is 5.69 Å². The largest absolute Gasteiger partial charge is 0.494 e. The molecule has 3 aromatic rings. The second-order valence-electron chi connectivity index (χ2n) is 10.3. The summed E-state index contributed by atoms with van der Waals surface area (Å²) in [5.41, 5.74) is 2.26. The SMILES string of the molecule is CCOc1ccc(N(CC(=O)N(CCc2ccccc2)[C@@H](CC)C(=O)N[C@H](C)CC)S(=O)(=O)c2ccc(C)cc2)cc1. The van der Waals surface area contributed by atoms with Gasteiger partial charge in [0.1, 0.15) is 18.3 Å². The van der Waals surface area contributed by atoms with Crippen LogP contribution in [-0.4, -0.2) is 56.9 Å². The third-order valence-corrected chi connectivity index (χ3v) is 8.98. The lowest BCUT2D eigenvalue weighted by Gasteiger charge is -2.33. The first-order chi connectivity index (χ1) is 20.1. The van der Waals surface area contributed by atoms with Crippen LogP contribution in [0.5, 0.6) is 5.75 Å². The topological polar surface area (TPSA) is 96.0 Å². The molecule has 1 N–H and O–H groups in total. The average molecular weight is 594 g/mol. The normalized spacial score (nSPS) is 12.7. The van der Waals surface area contributed by atoms with Crippen LogP contribution in [0.1, 0.15) is 51.7 Å². The van der Waals surface area contributed by atoms with E-state index in [4.69, 9.17) is 4.74 Å². The molecule has 8 nitrogen and oxygen atoms in total. The molecule has 2 atom stereocenters. The zero-order chi connectivity index (χ0) is 30.7. The first kappa shape index (κ1) is 32.7. The molecule has 0 aliphatic carbocycles. The highest BCUT2D eigenvalue weighted by atomic mass is 32.2. The summed E-state index contributed by atoms with van der Waals surface area (Å²) < 4.78 is 34.6. The molecule has 0 unspecified atom stereocenters. The summed E-state index contributed by atoms with van der Waals surface area (Å²) >= 11 is 0. The number of ether oxygens (including phenoxy) is 1. The Morgan fingerprint density at radius 3 is 2.10 bits per heavy atom. The van der Waals surface area contributed by atoms with Gasteiger partial charge in [0.2, 0.25) is 11.8 Å². The van der Waals surface area contributed by atoms with E-state index in [2.05, 4.69) is 5.32 Å². The number of amides is 2. The fourth-order valence-electron chi connectivity index (χ4n) is 4.58. The highest BCUT2D eigenvalue weighted by Crippen LogP contribution is 2.27. The lowest BCUT2D eigenvalue weighted by atomic mass is 10.1. The average Bonchev–Trinajstić information content (AvgIpc) is 2.99. The molecule has 0 spiro atoms. The maximum Gasteiger partial charge on any atom is 0.264 e. The minimum Gasteiger partial charge on any atom is -0.494 e. The Bertz CT molecular complexity index is 1390. The maximum absolute atomic E-state index is 14.1. The Hall–Kier alpha value is -3.85. The highest BCUT2D eigenvalue weighted by Gasteiger charge is 2.33. The van der Waals surface area contributed by atoms with Crippen molar-refractivity contribution in [3.63, 3.8) is 0 Å². The maximum atomic E-state index is 14.1. The predicted octanol–water partition coefficient (Wildman–Crippen LogP) is 5.35. The third-order valence-electron chi connectivity index (χ3n) is 7.19. The van der Waals surface area contributed by atoms with Gasteiger partial charge in [-0.15, -0.1) is 0 Å². The number of anilines is 1. The van der Waals surface area contributed by atoms with Gasteiger partial charge in [-0.3, -0.25) is 13.9 Å². The Morgan fingerprint density at radius 2 is 1.52 bits per heavy atom. The summed E-state index contributed by atoms with van der Waals surface area (Å²) in [6.45, 7) is 9.77. The Labute approximate surface area is 250 Å². The van der Waals surface area contributed by atoms with Crippen LogP contribution < -0.4 is 14.4 Å². The van der Waals surface area contributed by atoms with Crippen molar-refractivity contribution in [1.82, 2.24) is 10.2 Å². The van der Waals surface area contributed by atoms with Crippen molar-refractivity contribution in [3.8, 4) is 5.75 Å². The standard InChI is InChI=1S/C33H43N3O5S/c1-6-26(5)34-33(38)31(7-2)35(23-22-27-12-10-9-11-13-27)32(37)24-36(28-16-18-29(19-17-28)41-8-3)42(39,40)30-20-14-25(4)15-21-30/h9-21,26,31H,6-8,22-24H2,1-5H3,(H,34,38)/t26-,31+/m1/s1. The van der Waals surface area contributed by atoms with E-state index in [9.17, 15) is 18.0 Å². The van der Waals surface area contributed by atoms with E-state index in [-0.39, 0.29) is 23.4 Å². The van der Waals surface area contributed by atoms with Crippen molar-refractivity contribution in [3.05, 3.63) is 90.0 Å². The highest BCUT2D eigenvalue weighted by molar-refractivity contribution is 7.92. The van der Waals surface area contributed by atoms with Gasteiger partial charge >= 0.3 is 0 Å². The van der Waals surface area contributed by atoms with Crippen molar-refractivity contribution in [2.24, 2.45) is 0 Å². The molecule has 0 fully saturated rings. The Kier molecular flexibility index (Phi) is 12.0. The summed E-state index contributed by atoms with van der Waals surface area (Å²) in [5.74, 6) is -0.110. The molecule has 0 aliphatic heterocycles. The Morgan fingerprint density at radius 1 is 0.881 bits per heavy atom. The quantitative estimate of drug-likeness (QED) is 0.256. The predicted molar refractivity (Wildman–Crippen MR) is 167 cm³/mol. The molecule has 0 bridgehead atoms. The molecule has 0 saturated heterocycles. The van der Waals surface area contributed by atoms with Gasteiger partial charge in [-0.2, -0.15) is 0 Å². The van der Waals surface area contributed by atoms with Gasteiger partial charge in [-0.25, -0.2) is 8.42 Å². The second kappa shape index (κ2) is 15.4. The molecule has 0 radical (unpaired) electrons. The van der Waals surface area contributed by atoms with E-state index in [1.807, 2.05) is 65.0 Å². The number of sulfonamides is 1. The molecule has 3 rings (SSSR count). The van der Waals surface area contributed by atoms with Gasteiger partial charge in [0, 0.05) is 12.6 Å². The van der Waals surface area contributed by atoms with Crippen LogP contribution in [0.2, 0.25) is 0 Å². The number of carbonyl (C=O) groups is 2. The zero-order valence-electron chi connectivity index (χ0n) is 25.2. The summed E-state index contributed by atoms with van der Waals surface area (Å²) in [7, 11) is -4.12. The van der Waals surface area contributed by atoms with Gasteiger partial charge in [-0.05, 0) is 82.0 Å². The van der Waals surface area contributed by atoms with E-state index in [1.54, 1.807) is 36.4 Å². The number of rotatable bonds is 15. The van der Waals surface area contributed by atoms with Crippen molar-refractivity contribution in [1.29, 1.82) is 0 Å².